The molecule has 1 atom stereocenters. The van der Waals surface area contributed by atoms with Gasteiger partial charge >= 0.3 is 0 Å². The van der Waals surface area contributed by atoms with E-state index in [4.69, 9.17) is 11.6 Å². The van der Waals surface area contributed by atoms with Crippen LogP contribution in [0.5, 0.6) is 0 Å². The van der Waals surface area contributed by atoms with Gasteiger partial charge in [-0.15, -0.1) is 12.4 Å². The van der Waals surface area contributed by atoms with Crippen LogP contribution < -0.4 is 5.32 Å². The summed E-state index contributed by atoms with van der Waals surface area (Å²) < 4.78 is 0. The SMILES string of the molecule is Cl.O=C(CCC1CCNCC1)N1CCSCC1c1ccc(Cl)cc1. The van der Waals surface area contributed by atoms with E-state index in [-0.39, 0.29) is 18.4 Å². The number of halogens is 2. The number of thioether (sulfide) groups is 1. The van der Waals surface area contributed by atoms with Crippen molar-refractivity contribution in [1.29, 1.82) is 0 Å². The molecule has 24 heavy (non-hydrogen) atoms. The molecule has 0 saturated carbocycles. The molecule has 1 N–H and O–H groups in total. The third kappa shape index (κ3) is 5.29. The van der Waals surface area contributed by atoms with Crippen molar-refractivity contribution in [2.75, 3.05) is 31.1 Å². The quantitative estimate of drug-likeness (QED) is 0.840. The Kier molecular flexibility index (Phi) is 8.21. The van der Waals surface area contributed by atoms with Crippen molar-refractivity contribution in [1.82, 2.24) is 10.2 Å². The lowest BCUT2D eigenvalue weighted by Gasteiger charge is -2.36. The van der Waals surface area contributed by atoms with E-state index in [0.29, 0.717) is 18.2 Å². The van der Waals surface area contributed by atoms with Crippen molar-refractivity contribution in [2.45, 2.75) is 31.7 Å². The third-order valence-corrected chi connectivity index (χ3v) is 6.20. The topological polar surface area (TPSA) is 32.3 Å². The number of amides is 1. The van der Waals surface area contributed by atoms with Gasteiger partial charge in [0.1, 0.15) is 0 Å². The fraction of sp³-hybridized carbons (Fsp3) is 0.611. The van der Waals surface area contributed by atoms with Crippen molar-refractivity contribution in [3.63, 3.8) is 0 Å². The van der Waals surface area contributed by atoms with E-state index in [1.54, 1.807) is 0 Å². The van der Waals surface area contributed by atoms with Crippen LogP contribution in [0, 0.1) is 5.92 Å². The Labute approximate surface area is 160 Å². The maximum absolute atomic E-state index is 12.8. The Morgan fingerprint density at radius 2 is 1.96 bits per heavy atom. The van der Waals surface area contributed by atoms with Crippen LogP contribution in [0.15, 0.2) is 24.3 Å². The van der Waals surface area contributed by atoms with Gasteiger partial charge in [0.05, 0.1) is 6.04 Å². The van der Waals surface area contributed by atoms with Crippen molar-refractivity contribution in [2.24, 2.45) is 5.92 Å². The van der Waals surface area contributed by atoms with Gasteiger partial charge in [-0.05, 0) is 56.0 Å². The number of benzene rings is 1. The first kappa shape index (κ1) is 19.9. The molecule has 0 spiro atoms. The minimum Gasteiger partial charge on any atom is -0.334 e. The number of hydrogen-bond donors (Lipinski definition) is 1. The lowest BCUT2D eigenvalue weighted by atomic mass is 9.93. The average molecular weight is 389 g/mol. The summed E-state index contributed by atoms with van der Waals surface area (Å²) in [6, 6.07) is 8.17. The van der Waals surface area contributed by atoms with Gasteiger partial charge in [-0.25, -0.2) is 0 Å². The smallest absolute Gasteiger partial charge is 0.223 e. The Morgan fingerprint density at radius 3 is 2.67 bits per heavy atom. The molecule has 6 heteroatoms. The van der Waals surface area contributed by atoms with Gasteiger partial charge in [0.2, 0.25) is 5.91 Å². The summed E-state index contributed by atoms with van der Waals surface area (Å²) in [5.74, 6) is 3.07. The van der Waals surface area contributed by atoms with E-state index in [1.165, 1.54) is 18.4 Å². The van der Waals surface area contributed by atoms with E-state index in [1.807, 2.05) is 23.9 Å². The number of hydrogen-bond acceptors (Lipinski definition) is 3. The molecule has 3 rings (SSSR count). The molecule has 0 radical (unpaired) electrons. The monoisotopic (exact) mass is 388 g/mol. The molecule has 0 aliphatic carbocycles. The van der Waals surface area contributed by atoms with Crippen molar-refractivity contribution >= 4 is 41.7 Å². The summed E-state index contributed by atoms with van der Waals surface area (Å²) in [4.78, 5) is 14.9. The Balaban J connectivity index is 0.00000208. The second-order valence-corrected chi connectivity index (χ2v) is 8.05. The molecule has 3 nitrogen and oxygen atoms in total. The van der Waals surface area contributed by atoms with Crippen LogP contribution in [0.2, 0.25) is 5.02 Å². The lowest BCUT2D eigenvalue weighted by molar-refractivity contribution is -0.133. The molecule has 2 fully saturated rings. The Hall–Kier alpha value is -0.420. The highest BCUT2D eigenvalue weighted by Gasteiger charge is 2.28. The third-order valence-electron chi connectivity index (χ3n) is 4.93. The molecule has 0 aromatic heterocycles. The summed E-state index contributed by atoms with van der Waals surface area (Å²) >= 11 is 7.93. The zero-order valence-corrected chi connectivity index (χ0v) is 16.3. The summed E-state index contributed by atoms with van der Waals surface area (Å²) in [6.45, 7) is 3.07. The highest BCUT2D eigenvalue weighted by molar-refractivity contribution is 7.99. The van der Waals surface area contributed by atoms with Crippen LogP contribution in [-0.2, 0) is 4.79 Å². The molecule has 1 amide bonds. The lowest BCUT2D eigenvalue weighted by Crippen LogP contribution is -2.41. The van der Waals surface area contributed by atoms with E-state index in [9.17, 15) is 4.79 Å². The minimum absolute atomic E-state index is 0. The van der Waals surface area contributed by atoms with Crippen molar-refractivity contribution in [3.05, 3.63) is 34.9 Å². The zero-order chi connectivity index (χ0) is 16.1. The van der Waals surface area contributed by atoms with Crippen LogP contribution in [0.4, 0.5) is 0 Å². The minimum atomic E-state index is 0. The second kappa shape index (κ2) is 9.91. The summed E-state index contributed by atoms with van der Waals surface area (Å²) in [5, 5.41) is 4.14. The van der Waals surface area contributed by atoms with Gasteiger partial charge in [0, 0.05) is 29.5 Å². The van der Waals surface area contributed by atoms with Gasteiger partial charge < -0.3 is 10.2 Å². The maximum Gasteiger partial charge on any atom is 0.223 e. The Bertz CT molecular complexity index is 520. The molecular formula is C18H26Cl2N2OS. The van der Waals surface area contributed by atoms with Crippen LogP contribution in [0.1, 0.15) is 37.3 Å². The summed E-state index contributed by atoms with van der Waals surface area (Å²) in [7, 11) is 0. The fourth-order valence-electron chi connectivity index (χ4n) is 3.50. The van der Waals surface area contributed by atoms with Crippen LogP contribution >= 0.6 is 35.8 Å². The molecule has 0 bridgehead atoms. The van der Waals surface area contributed by atoms with E-state index < -0.39 is 0 Å². The number of nitrogens with zero attached hydrogens (tertiary/aromatic N) is 1. The van der Waals surface area contributed by atoms with Gasteiger partial charge in [0.15, 0.2) is 0 Å². The number of carbonyl (C=O) groups excluding carboxylic acids is 1. The number of carbonyl (C=O) groups is 1. The molecule has 2 saturated heterocycles. The Morgan fingerprint density at radius 1 is 1.25 bits per heavy atom. The standard InChI is InChI=1S/C18H25ClN2OS.ClH/c19-16-4-2-15(3-5-16)17-13-23-12-11-21(17)18(22)6-1-14-7-9-20-10-8-14;/h2-5,14,17,20H,1,6-13H2;1H. The number of piperidine rings is 1. The fourth-order valence-corrected chi connectivity index (χ4v) is 4.72. The summed E-state index contributed by atoms with van der Waals surface area (Å²) in [6.07, 6.45) is 4.16. The average Bonchev–Trinajstić information content (AvgIpc) is 2.61. The van der Waals surface area contributed by atoms with Gasteiger partial charge in [-0.2, -0.15) is 11.8 Å². The first-order valence-corrected chi connectivity index (χ1v) is 10.1. The molecule has 1 aromatic rings. The van der Waals surface area contributed by atoms with Crippen LogP contribution in [0.25, 0.3) is 0 Å². The molecular weight excluding hydrogens is 363 g/mol. The molecule has 2 aliphatic rings. The van der Waals surface area contributed by atoms with Crippen LogP contribution in [-0.4, -0.2) is 41.9 Å². The van der Waals surface area contributed by atoms with Gasteiger partial charge in [-0.3, -0.25) is 4.79 Å². The normalized spacial score (nSPS) is 22.0. The highest BCUT2D eigenvalue weighted by Crippen LogP contribution is 2.31. The first-order valence-electron chi connectivity index (χ1n) is 8.57. The van der Waals surface area contributed by atoms with Crippen molar-refractivity contribution < 1.29 is 4.79 Å². The molecule has 134 valence electrons. The number of rotatable bonds is 4. The summed E-state index contributed by atoms with van der Waals surface area (Å²) in [5.41, 5.74) is 1.21. The highest BCUT2D eigenvalue weighted by atomic mass is 35.5. The predicted octanol–water partition coefficient (Wildman–Crippen LogP) is 4.16. The maximum atomic E-state index is 12.8. The molecule has 2 heterocycles. The first-order chi connectivity index (χ1) is 11.2. The predicted molar refractivity (Wildman–Crippen MR) is 105 cm³/mol. The largest absolute Gasteiger partial charge is 0.334 e. The van der Waals surface area contributed by atoms with Crippen LogP contribution in [0.3, 0.4) is 0 Å². The van der Waals surface area contributed by atoms with Gasteiger partial charge in [0.25, 0.3) is 0 Å². The zero-order valence-electron chi connectivity index (χ0n) is 13.9. The van der Waals surface area contributed by atoms with E-state index in [2.05, 4.69) is 22.3 Å². The molecule has 2 aliphatic heterocycles. The van der Waals surface area contributed by atoms with E-state index in [0.717, 1.165) is 42.6 Å². The molecule has 1 aromatic carbocycles. The van der Waals surface area contributed by atoms with Crippen molar-refractivity contribution in [3.8, 4) is 0 Å². The van der Waals surface area contributed by atoms with Gasteiger partial charge in [-0.1, -0.05) is 23.7 Å². The number of nitrogens with one attached hydrogen (secondary N) is 1. The molecule has 1 unspecified atom stereocenters. The second-order valence-electron chi connectivity index (χ2n) is 6.46. The van der Waals surface area contributed by atoms with E-state index >= 15 is 0 Å².